The van der Waals surface area contributed by atoms with Gasteiger partial charge in [0.25, 0.3) is 0 Å². The Bertz CT molecular complexity index is 258. The van der Waals surface area contributed by atoms with Crippen molar-refractivity contribution in [3.8, 4) is 0 Å². The maximum atomic E-state index is 7.44. The molecular formula is C9H11NO. The third kappa shape index (κ3) is 2.85. The van der Waals surface area contributed by atoms with Crippen LogP contribution in [0.25, 0.3) is 0 Å². The first-order valence-electron chi connectivity index (χ1n) is 4.06. The Hall–Kier alpha value is -1.31. The number of hydrogen-bond acceptors (Lipinski definition) is 2. The third-order valence-electron chi connectivity index (χ3n) is 1.14. The summed E-state index contributed by atoms with van der Waals surface area (Å²) in [7, 11) is 0. The first-order valence-corrected chi connectivity index (χ1v) is 3.56. The molecule has 0 aliphatic carbocycles. The topological polar surface area (TPSA) is 21.6 Å². The van der Waals surface area contributed by atoms with E-state index in [1.807, 2.05) is 37.3 Å². The summed E-state index contributed by atoms with van der Waals surface area (Å²) in [5, 5.41) is 3.60. The van der Waals surface area contributed by atoms with Gasteiger partial charge in [0.2, 0.25) is 0 Å². The van der Waals surface area contributed by atoms with Crippen LogP contribution in [0, 0.1) is 0 Å². The number of benzene rings is 1. The lowest BCUT2D eigenvalue weighted by molar-refractivity contribution is 0.160. The van der Waals surface area contributed by atoms with Crippen LogP contribution in [-0.4, -0.2) is 12.8 Å². The molecule has 0 aliphatic heterocycles. The highest BCUT2D eigenvalue weighted by molar-refractivity contribution is 5.78. The van der Waals surface area contributed by atoms with E-state index >= 15 is 0 Å². The minimum absolute atomic E-state index is 0.164. The normalized spacial score (nSPS) is 12.5. The molecule has 0 saturated heterocycles. The van der Waals surface area contributed by atoms with Crippen LogP contribution in [0.5, 0.6) is 0 Å². The van der Waals surface area contributed by atoms with Crippen molar-refractivity contribution in [2.75, 3.05) is 6.61 Å². The van der Waals surface area contributed by atoms with Crippen LogP contribution < -0.4 is 0 Å². The Kier molecular flexibility index (Phi) is 2.62. The Balaban J connectivity index is 2.71. The van der Waals surface area contributed by atoms with Crippen molar-refractivity contribution in [2.24, 2.45) is 5.16 Å². The lowest BCUT2D eigenvalue weighted by Crippen LogP contribution is -1.82. The molecule has 0 unspecified atom stereocenters. The van der Waals surface area contributed by atoms with E-state index in [-0.39, 0.29) is 6.19 Å². The predicted molar refractivity (Wildman–Crippen MR) is 45.7 cm³/mol. The van der Waals surface area contributed by atoms with Crippen LogP contribution in [0.1, 0.15) is 13.9 Å². The Morgan fingerprint density at radius 3 is 2.91 bits per heavy atom. The van der Waals surface area contributed by atoms with Gasteiger partial charge in [-0.1, -0.05) is 35.5 Å². The molecule has 58 valence electrons. The SMILES string of the molecule is [3H]/C(=N\OCC)c1ccccc1. The highest BCUT2D eigenvalue weighted by Crippen LogP contribution is 1.93. The molecule has 0 bridgehead atoms. The van der Waals surface area contributed by atoms with E-state index in [0.717, 1.165) is 5.56 Å². The van der Waals surface area contributed by atoms with E-state index in [1.54, 1.807) is 0 Å². The molecular weight excluding hydrogens is 138 g/mol. The summed E-state index contributed by atoms with van der Waals surface area (Å²) >= 11 is 0. The molecule has 2 nitrogen and oxygen atoms in total. The summed E-state index contributed by atoms with van der Waals surface area (Å²) in [4.78, 5) is 4.75. The second kappa shape index (κ2) is 4.50. The predicted octanol–water partition coefficient (Wildman–Crippen LogP) is 2.06. The molecule has 1 aromatic carbocycles. The van der Waals surface area contributed by atoms with Crippen LogP contribution >= 0.6 is 0 Å². The Morgan fingerprint density at radius 1 is 1.55 bits per heavy atom. The maximum Gasteiger partial charge on any atom is 0.114 e. The Morgan fingerprint density at radius 2 is 2.27 bits per heavy atom. The standard InChI is InChI=1S/C9H11NO/c1-2-11-10-8-9-6-4-3-5-7-9/h3-8H,2H2,1H3/b10-8+/i8T. The van der Waals surface area contributed by atoms with E-state index in [4.69, 9.17) is 6.21 Å². The molecule has 0 N–H and O–H groups in total. The first-order chi connectivity index (χ1) is 5.84. The number of oxime groups is 1. The fourth-order valence-electron chi connectivity index (χ4n) is 0.662. The van der Waals surface area contributed by atoms with E-state index < -0.39 is 0 Å². The van der Waals surface area contributed by atoms with E-state index in [9.17, 15) is 0 Å². The summed E-state index contributed by atoms with van der Waals surface area (Å²) in [6.07, 6.45) is 0.164. The maximum absolute atomic E-state index is 7.44. The van der Waals surface area contributed by atoms with Crippen LogP contribution in [0.15, 0.2) is 35.5 Å². The van der Waals surface area contributed by atoms with Gasteiger partial charge in [0.1, 0.15) is 6.61 Å². The smallest absolute Gasteiger partial charge is 0.114 e. The van der Waals surface area contributed by atoms with Gasteiger partial charge in [-0.15, -0.1) is 0 Å². The van der Waals surface area contributed by atoms with E-state index in [0.29, 0.717) is 6.61 Å². The van der Waals surface area contributed by atoms with Gasteiger partial charge in [-0.05, 0) is 12.5 Å². The van der Waals surface area contributed by atoms with Gasteiger partial charge in [-0.25, -0.2) is 0 Å². The summed E-state index contributed by atoms with van der Waals surface area (Å²) in [6.45, 7) is 2.33. The van der Waals surface area contributed by atoms with Crippen molar-refractivity contribution in [3.05, 3.63) is 35.9 Å². The molecule has 0 atom stereocenters. The van der Waals surface area contributed by atoms with Crippen molar-refractivity contribution in [1.82, 2.24) is 0 Å². The first kappa shape index (κ1) is 6.40. The zero-order valence-corrected chi connectivity index (χ0v) is 6.45. The highest BCUT2D eigenvalue weighted by atomic mass is 16.6. The number of rotatable bonds is 3. The lowest BCUT2D eigenvalue weighted by Gasteiger charge is -1.91. The van der Waals surface area contributed by atoms with Crippen molar-refractivity contribution in [2.45, 2.75) is 6.92 Å². The summed E-state index contributed by atoms with van der Waals surface area (Å²) < 4.78 is 7.44. The molecule has 0 radical (unpaired) electrons. The molecule has 0 spiro atoms. The van der Waals surface area contributed by atoms with Crippen molar-refractivity contribution >= 4 is 6.19 Å². The molecule has 0 fully saturated rings. The monoisotopic (exact) mass is 151 g/mol. The average Bonchev–Trinajstić information content (AvgIpc) is 2.15. The van der Waals surface area contributed by atoms with E-state index in [2.05, 4.69) is 5.16 Å². The molecule has 1 aromatic rings. The summed E-state index contributed by atoms with van der Waals surface area (Å²) in [6, 6.07) is 9.28. The quantitative estimate of drug-likeness (QED) is 0.478. The average molecular weight is 151 g/mol. The third-order valence-corrected chi connectivity index (χ3v) is 1.14. The molecule has 0 amide bonds. The van der Waals surface area contributed by atoms with Crippen molar-refractivity contribution in [1.29, 1.82) is 0 Å². The zero-order valence-electron chi connectivity index (χ0n) is 7.45. The molecule has 0 aromatic heterocycles. The van der Waals surface area contributed by atoms with Gasteiger partial charge in [0.05, 0.1) is 7.56 Å². The largest absolute Gasteiger partial charge is 0.396 e. The van der Waals surface area contributed by atoms with Gasteiger partial charge in [-0.3, -0.25) is 0 Å². The summed E-state index contributed by atoms with van der Waals surface area (Å²) in [5.41, 5.74) is 0.769. The second-order valence-corrected chi connectivity index (χ2v) is 1.99. The van der Waals surface area contributed by atoms with Gasteiger partial charge < -0.3 is 4.84 Å². The zero-order chi connectivity index (χ0) is 8.81. The van der Waals surface area contributed by atoms with Crippen molar-refractivity contribution < 1.29 is 6.21 Å². The molecule has 0 saturated carbocycles. The molecule has 11 heavy (non-hydrogen) atoms. The van der Waals surface area contributed by atoms with E-state index in [1.165, 1.54) is 0 Å². The lowest BCUT2D eigenvalue weighted by atomic mass is 10.2. The second-order valence-electron chi connectivity index (χ2n) is 1.99. The molecule has 1 rings (SSSR count). The van der Waals surface area contributed by atoms with Crippen LogP contribution in [0.4, 0.5) is 0 Å². The minimum Gasteiger partial charge on any atom is -0.396 e. The minimum atomic E-state index is 0.164. The van der Waals surface area contributed by atoms with Gasteiger partial charge >= 0.3 is 0 Å². The molecule has 2 heteroatoms. The van der Waals surface area contributed by atoms with Crippen LogP contribution in [-0.2, 0) is 4.84 Å². The number of nitrogens with zero attached hydrogens (tertiary/aromatic N) is 1. The summed E-state index contributed by atoms with van der Waals surface area (Å²) in [5.74, 6) is 0. The molecule has 0 aliphatic rings. The number of hydrogen-bond donors (Lipinski definition) is 0. The van der Waals surface area contributed by atoms with Crippen LogP contribution in [0.2, 0.25) is 0 Å². The van der Waals surface area contributed by atoms with Gasteiger partial charge in [0, 0.05) is 0 Å². The van der Waals surface area contributed by atoms with Crippen LogP contribution in [0.3, 0.4) is 0 Å². The molecule has 0 heterocycles. The van der Waals surface area contributed by atoms with Gasteiger partial charge in [-0.2, -0.15) is 0 Å². The van der Waals surface area contributed by atoms with Crippen molar-refractivity contribution in [3.63, 3.8) is 0 Å². The Labute approximate surface area is 67.9 Å². The fourth-order valence-corrected chi connectivity index (χ4v) is 0.662. The van der Waals surface area contributed by atoms with Gasteiger partial charge in [0.15, 0.2) is 0 Å². The fraction of sp³-hybridized carbons (Fsp3) is 0.222. The highest BCUT2D eigenvalue weighted by Gasteiger charge is 1.81.